The quantitative estimate of drug-likeness (QED) is 0.751. The van der Waals surface area contributed by atoms with Crippen LogP contribution in [0.3, 0.4) is 0 Å². The monoisotopic (exact) mass is 206 g/mol. The van der Waals surface area contributed by atoms with Crippen LogP contribution in [0.4, 0.5) is 0 Å². The lowest BCUT2D eigenvalue weighted by Crippen LogP contribution is -2.14. The van der Waals surface area contributed by atoms with Crippen molar-refractivity contribution >= 4 is 11.3 Å². The van der Waals surface area contributed by atoms with Crippen molar-refractivity contribution in [2.75, 3.05) is 6.54 Å². The van der Waals surface area contributed by atoms with Gasteiger partial charge in [-0.05, 0) is 31.0 Å². The zero-order valence-electron chi connectivity index (χ0n) is 8.12. The van der Waals surface area contributed by atoms with E-state index in [9.17, 15) is 0 Å². The van der Waals surface area contributed by atoms with Gasteiger partial charge in [0.05, 0.1) is 0 Å². The molecule has 74 valence electrons. The van der Waals surface area contributed by atoms with Gasteiger partial charge in [-0.25, -0.2) is 0 Å². The summed E-state index contributed by atoms with van der Waals surface area (Å²) >= 11 is 1.58. The minimum atomic E-state index is 0.809. The van der Waals surface area contributed by atoms with Gasteiger partial charge in [0.15, 0.2) is 0 Å². The first kappa shape index (κ1) is 9.70. The van der Waals surface area contributed by atoms with Crippen LogP contribution in [0, 0.1) is 17.2 Å². The predicted molar refractivity (Wildman–Crippen MR) is 58.1 cm³/mol. The van der Waals surface area contributed by atoms with Crippen molar-refractivity contribution < 1.29 is 0 Å². The van der Waals surface area contributed by atoms with Crippen LogP contribution in [0.25, 0.3) is 0 Å². The van der Waals surface area contributed by atoms with Gasteiger partial charge in [-0.15, -0.1) is 11.3 Å². The van der Waals surface area contributed by atoms with Gasteiger partial charge in [0, 0.05) is 11.4 Å². The fourth-order valence-corrected chi connectivity index (χ4v) is 2.23. The Kier molecular flexibility index (Phi) is 3.18. The Balaban J connectivity index is 1.66. The Hall–Kier alpha value is -0.850. The van der Waals surface area contributed by atoms with E-state index in [1.165, 1.54) is 24.1 Å². The van der Waals surface area contributed by atoms with Crippen molar-refractivity contribution in [1.82, 2.24) is 5.32 Å². The smallest absolute Gasteiger partial charge is 0.110 e. The van der Waals surface area contributed by atoms with Crippen molar-refractivity contribution in [2.24, 2.45) is 5.92 Å². The van der Waals surface area contributed by atoms with E-state index in [1.807, 2.05) is 12.1 Å². The van der Waals surface area contributed by atoms with Gasteiger partial charge in [-0.1, -0.05) is 12.8 Å². The molecule has 1 aromatic rings. The molecule has 2 rings (SSSR count). The molecule has 0 spiro atoms. The lowest BCUT2D eigenvalue weighted by molar-refractivity contribution is 0.616. The summed E-state index contributed by atoms with van der Waals surface area (Å²) < 4.78 is 0. The zero-order valence-corrected chi connectivity index (χ0v) is 8.94. The molecule has 1 saturated carbocycles. The Labute approximate surface area is 88.6 Å². The highest BCUT2D eigenvalue weighted by Gasteiger charge is 2.19. The van der Waals surface area contributed by atoms with Crippen molar-refractivity contribution in [1.29, 1.82) is 5.26 Å². The summed E-state index contributed by atoms with van der Waals surface area (Å²) in [6.45, 7) is 2.03. The largest absolute Gasteiger partial charge is 0.312 e. The van der Waals surface area contributed by atoms with E-state index in [0.717, 1.165) is 23.9 Å². The fraction of sp³-hybridized carbons (Fsp3) is 0.545. The number of nitrogens with one attached hydrogen (secondary N) is 1. The third-order valence-corrected chi connectivity index (χ3v) is 3.49. The Morgan fingerprint density at radius 3 is 3.00 bits per heavy atom. The highest BCUT2D eigenvalue weighted by Crippen LogP contribution is 2.31. The van der Waals surface area contributed by atoms with E-state index >= 15 is 0 Å². The van der Waals surface area contributed by atoms with Crippen molar-refractivity contribution in [3.63, 3.8) is 0 Å². The first-order valence-corrected chi connectivity index (χ1v) is 5.89. The molecule has 0 radical (unpaired) electrons. The molecular weight excluding hydrogens is 192 g/mol. The summed E-state index contributed by atoms with van der Waals surface area (Å²) in [7, 11) is 0. The molecule has 0 atom stereocenters. The Bertz CT molecular complexity index is 333. The number of nitriles is 1. The molecule has 0 bridgehead atoms. The highest BCUT2D eigenvalue weighted by molar-refractivity contribution is 7.12. The van der Waals surface area contributed by atoms with Gasteiger partial charge >= 0.3 is 0 Å². The maximum Gasteiger partial charge on any atom is 0.110 e. The summed E-state index contributed by atoms with van der Waals surface area (Å²) in [4.78, 5) is 2.07. The summed E-state index contributed by atoms with van der Waals surface area (Å²) in [5, 5.41) is 12.1. The van der Waals surface area contributed by atoms with E-state index in [1.54, 1.807) is 11.3 Å². The van der Waals surface area contributed by atoms with Crippen LogP contribution < -0.4 is 5.32 Å². The molecule has 1 fully saturated rings. The van der Waals surface area contributed by atoms with Crippen molar-refractivity contribution in [3.05, 3.63) is 21.9 Å². The average molecular weight is 206 g/mol. The minimum absolute atomic E-state index is 0.809. The van der Waals surface area contributed by atoms with Crippen LogP contribution in [0.1, 0.15) is 29.0 Å². The summed E-state index contributed by atoms with van der Waals surface area (Å²) in [5.74, 6) is 1.00. The van der Waals surface area contributed by atoms with E-state index in [2.05, 4.69) is 11.4 Å². The standard InChI is InChI=1S/C11H14N2S/c12-7-10-3-4-11(14-10)8-13-6-5-9-1-2-9/h3-4,9,13H,1-2,5-6,8H2. The van der Waals surface area contributed by atoms with Crippen LogP contribution in [-0.2, 0) is 6.54 Å². The minimum Gasteiger partial charge on any atom is -0.312 e. The van der Waals surface area contributed by atoms with Crippen molar-refractivity contribution in [2.45, 2.75) is 25.8 Å². The zero-order chi connectivity index (χ0) is 9.80. The number of nitrogens with zero attached hydrogens (tertiary/aromatic N) is 1. The van der Waals surface area contributed by atoms with Crippen LogP contribution in [0.15, 0.2) is 12.1 Å². The Morgan fingerprint density at radius 1 is 1.50 bits per heavy atom. The van der Waals surface area contributed by atoms with E-state index < -0.39 is 0 Å². The summed E-state index contributed by atoms with van der Waals surface area (Å²) in [6.07, 6.45) is 4.18. The van der Waals surface area contributed by atoms with Crippen molar-refractivity contribution in [3.8, 4) is 6.07 Å². The molecule has 1 aromatic heterocycles. The third kappa shape index (κ3) is 2.83. The summed E-state index contributed by atoms with van der Waals surface area (Å²) in [6, 6.07) is 6.08. The molecule has 1 aliphatic carbocycles. The van der Waals surface area contributed by atoms with Crippen LogP contribution in [0.5, 0.6) is 0 Å². The van der Waals surface area contributed by atoms with Crippen LogP contribution in [-0.4, -0.2) is 6.54 Å². The van der Waals surface area contributed by atoms with E-state index in [4.69, 9.17) is 5.26 Å². The third-order valence-electron chi connectivity index (χ3n) is 2.50. The first-order valence-electron chi connectivity index (χ1n) is 5.08. The second-order valence-electron chi connectivity index (χ2n) is 3.79. The maximum atomic E-state index is 8.64. The number of thiophene rings is 1. The number of rotatable bonds is 5. The Morgan fingerprint density at radius 2 is 2.36 bits per heavy atom. The van der Waals surface area contributed by atoms with Gasteiger partial charge in [0.2, 0.25) is 0 Å². The lowest BCUT2D eigenvalue weighted by atomic mass is 10.3. The molecule has 0 aliphatic heterocycles. The molecule has 1 aliphatic rings. The summed E-state index contributed by atoms with van der Waals surface area (Å²) in [5.41, 5.74) is 0. The highest BCUT2D eigenvalue weighted by atomic mass is 32.1. The second kappa shape index (κ2) is 4.59. The molecule has 14 heavy (non-hydrogen) atoms. The first-order chi connectivity index (χ1) is 6.88. The van der Waals surface area contributed by atoms with Gasteiger partial charge in [-0.2, -0.15) is 5.26 Å². The fourth-order valence-electron chi connectivity index (χ4n) is 1.46. The SMILES string of the molecule is N#Cc1ccc(CNCCC2CC2)s1. The number of hydrogen-bond acceptors (Lipinski definition) is 3. The van der Waals surface area contributed by atoms with E-state index in [-0.39, 0.29) is 0 Å². The average Bonchev–Trinajstić information content (AvgIpc) is 2.91. The molecule has 0 amide bonds. The molecule has 0 aromatic carbocycles. The number of hydrogen-bond donors (Lipinski definition) is 1. The van der Waals surface area contributed by atoms with Gasteiger partial charge in [0.25, 0.3) is 0 Å². The molecular formula is C11H14N2S. The maximum absolute atomic E-state index is 8.64. The van der Waals surface area contributed by atoms with Gasteiger partial charge < -0.3 is 5.32 Å². The van der Waals surface area contributed by atoms with Crippen LogP contribution >= 0.6 is 11.3 Å². The lowest BCUT2D eigenvalue weighted by Gasteiger charge is -2.00. The molecule has 3 heteroatoms. The van der Waals surface area contributed by atoms with Crippen LogP contribution in [0.2, 0.25) is 0 Å². The predicted octanol–water partition coefficient (Wildman–Crippen LogP) is 2.51. The second-order valence-corrected chi connectivity index (χ2v) is 4.95. The van der Waals surface area contributed by atoms with Gasteiger partial charge in [0.1, 0.15) is 10.9 Å². The molecule has 0 unspecified atom stereocenters. The molecule has 1 N–H and O–H groups in total. The van der Waals surface area contributed by atoms with E-state index in [0.29, 0.717) is 0 Å². The topological polar surface area (TPSA) is 35.8 Å². The molecule has 0 saturated heterocycles. The van der Waals surface area contributed by atoms with Gasteiger partial charge in [-0.3, -0.25) is 0 Å². The molecule has 1 heterocycles. The molecule has 2 nitrogen and oxygen atoms in total. The normalized spacial score (nSPS) is 15.4.